The molecule has 1 aromatic heterocycles. The summed E-state index contributed by atoms with van der Waals surface area (Å²) in [5, 5.41) is 3.33. The molecule has 1 atom stereocenters. The Balaban J connectivity index is 2.34. The third-order valence-corrected chi connectivity index (χ3v) is 2.98. The van der Waals surface area contributed by atoms with E-state index in [2.05, 4.69) is 5.32 Å². The van der Waals surface area contributed by atoms with Gasteiger partial charge < -0.3 is 19.2 Å². The molecule has 0 aliphatic heterocycles. The number of methoxy groups -OCH3 is 2. The van der Waals surface area contributed by atoms with Crippen molar-refractivity contribution in [3.05, 3.63) is 40.2 Å². The van der Waals surface area contributed by atoms with Crippen LogP contribution in [-0.4, -0.2) is 32.8 Å². The maximum atomic E-state index is 12.1. The lowest BCUT2D eigenvalue weighted by molar-refractivity contribution is 0.0902. The van der Waals surface area contributed by atoms with Crippen molar-refractivity contribution in [3.63, 3.8) is 0 Å². The lowest BCUT2D eigenvalue weighted by Crippen LogP contribution is -2.37. The summed E-state index contributed by atoms with van der Waals surface area (Å²) in [6.45, 7) is 2.15. The van der Waals surface area contributed by atoms with Crippen LogP contribution in [0.25, 0.3) is 11.0 Å². The number of carbonyl (C=O) groups excluding carboxylic acids is 1. The van der Waals surface area contributed by atoms with E-state index in [1.165, 1.54) is 13.2 Å². The van der Waals surface area contributed by atoms with Crippen molar-refractivity contribution in [3.8, 4) is 5.75 Å². The predicted octanol–water partition coefficient (Wildman–Crippen LogP) is 1.57. The Labute approximate surface area is 121 Å². The van der Waals surface area contributed by atoms with E-state index >= 15 is 0 Å². The maximum Gasteiger partial charge on any atom is 0.349 e. The number of amides is 1. The van der Waals surface area contributed by atoms with Gasteiger partial charge in [0.15, 0.2) is 0 Å². The highest BCUT2D eigenvalue weighted by molar-refractivity contribution is 5.96. The number of hydrogen-bond acceptors (Lipinski definition) is 5. The highest BCUT2D eigenvalue weighted by atomic mass is 16.5. The molecule has 1 aromatic carbocycles. The average molecular weight is 291 g/mol. The molecule has 0 fully saturated rings. The van der Waals surface area contributed by atoms with E-state index in [9.17, 15) is 9.59 Å². The number of nitrogens with one attached hydrogen (secondary N) is 1. The van der Waals surface area contributed by atoms with Crippen LogP contribution < -0.4 is 15.7 Å². The maximum absolute atomic E-state index is 12.1. The highest BCUT2D eigenvalue weighted by Gasteiger charge is 2.16. The van der Waals surface area contributed by atoms with Crippen LogP contribution in [0.15, 0.2) is 33.5 Å². The fraction of sp³-hybridized carbons (Fsp3) is 0.333. The standard InChI is InChI=1S/C15H17NO5/c1-9(8-19-2)16-14(17)12-6-10-4-5-11(20-3)7-13(10)21-15(12)18/h4-7,9H,8H2,1-3H3,(H,16,17)/t9-/m0/s1. The van der Waals surface area contributed by atoms with Crippen molar-refractivity contribution >= 4 is 16.9 Å². The molecule has 0 saturated carbocycles. The van der Waals surface area contributed by atoms with E-state index in [0.717, 1.165) is 0 Å². The van der Waals surface area contributed by atoms with Crippen molar-refractivity contribution in [1.82, 2.24) is 5.32 Å². The van der Waals surface area contributed by atoms with Crippen LogP contribution in [0.4, 0.5) is 0 Å². The molecule has 0 bridgehead atoms. The van der Waals surface area contributed by atoms with Crippen LogP contribution >= 0.6 is 0 Å². The van der Waals surface area contributed by atoms with Gasteiger partial charge in [-0.15, -0.1) is 0 Å². The zero-order valence-electron chi connectivity index (χ0n) is 12.1. The molecule has 1 amide bonds. The predicted molar refractivity (Wildman–Crippen MR) is 77.8 cm³/mol. The molecule has 1 N–H and O–H groups in total. The SMILES string of the molecule is COC[C@H](C)NC(=O)c1cc2ccc(OC)cc2oc1=O. The number of ether oxygens (including phenoxy) is 2. The Morgan fingerprint density at radius 1 is 1.33 bits per heavy atom. The van der Waals surface area contributed by atoms with Gasteiger partial charge in [0.25, 0.3) is 5.91 Å². The van der Waals surface area contributed by atoms with Crippen LogP contribution in [0.5, 0.6) is 5.75 Å². The molecule has 0 spiro atoms. The topological polar surface area (TPSA) is 77.8 Å². The summed E-state index contributed by atoms with van der Waals surface area (Å²) in [6.07, 6.45) is 0. The second-order valence-corrected chi connectivity index (χ2v) is 4.68. The van der Waals surface area contributed by atoms with Gasteiger partial charge in [-0.2, -0.15) is 0 Å². The third-order valence-electron chi connectivity index (χ3n) is 2.98. The second kappa shape index (κ2) is 6.41. The van der Waals surface area contributed by atoms with Crippen molar-refractivity contribution in [2.24, 2.45) is 0 Å². The zero-order chi connectivity index (χ0) is 15.4. The zero-order valence-corrected chi connectivity index (χ0v) is 12.1. The van der Waals surface area contributed by atoms with Gasteiger partial charge in [-0.05, 0) is 25.1 Å². The summed E-state index contributed by atoms with van der Waals surface area (Å²) in [5.41, 5.74) is -0.339. The minimum Gasteiger partial charge on any atom is -0.497 e. The molecule has 1 heterocycles. The summed E-state index contributed by atoms with van der Waals surface area (Å²) in [5.74, 6) is 0.0996. The molecule has 2 rings (SSSR count). The Kier molecular flexibility index (Phi) is 4.59. The summed E-state index contributed by atoms with van der Waals surface area (Å²) in [7, 11) is 3.07. The van der Waals surface area contributed by atoms with Gasteiger partial charge in [-0.1, -0.05) is 0 Å². The first-order valence-electron chi connectivity index (χ1n) is 6.47. The van der Waals surface area contributed by atoms with E-state index in [1.807, 2.05) is 0 Å². The van der Waals surface area contributed by atoms with Crippen molar-refractivity contribution < 1.29 is 18.7 Å². The number of hydrogen-bond donors (Lipinski definition) is 1. The van der Waals surface area contributed by atoms with Crippen LogP contribution in [0, 0.1) is 0 Å². The minimum absolute atomic E-state index is 0.0318. The molecule has 6 heteroatoms. The van der Waals surface area contributed by atoms with Gasteiger partial charge in [0.1, 0.15) is 16.9 Å². The molecule has 112 valence electrons. The van der Waals surface area contributed by atoms with E-state index < -0.39 is 11.5 Å². The molecule has 2 aromatic rings. The van der Waals surface area contributed by atoms with Crippen LogP contribution in [0.1, 0.15) is 17.3 Å². The lowest BCUT2D eigenvalue weighted by Gasteiger charge is -2.12. The van der Waals surface area contributed by atoms with E-state index in [0.29, 0.717) is 23.3 Å². The molecule has 21 heavy (non-hydrogen) atoms. The Hall–Kier alpha value is -2.34. The van der Waals surface area contributed by atoms with Crippen molar-refractivity contribution in [1.29, 1.82) is 0 Å². The second-order valence-electron chi connectivity index (χ2n) is 4.68. The Morgan fingerprint density at radius 2 is 2.10 bits per heavy atom. The van der Waals surface area contributed by atoms with E-state index in [-0.39, 0.29) is 11.6 Å². The largest absolute Gasteiger partial charge is 0.497 e. The molecular formula is C15H17NO5. The Morgan fingerprint density at radius 3 is 2.76 bits per heavy atom. The molecule has 0 aliphatic rings. The number of carbonyl (C=O) groups is 1. The molecular weight excluding hydrogens is 274 g/mol. The van der Waals surface area contributed by atoms with Gasteiger partial charge >= 0.3 is 5.63 Å². The van der Waals surface area contributed by atoms with Crippen LogP contribution in [0.3, 0.4) is 0 Å². The number of benzene rings is 1. The quantitative estimate of drug-likeness (QED) is 0.846. The van der Waals surface area contributed by atoms with E-state index in [4.69, 9.17) is 13.9 Å². The number of fused-ring (bicyclic) bond motifs is 1. The van der Waals surface area contributed by atoms with Gasteiger partial charge in [0.2, 0.25) is 0 Å². The summed E-state index contributed by atoms with van der Waals surface area (Å²) in [6, 6.07) is 6.37. The van der Waals surface area contributed by atoms with Gasteiger partial charge in [-0.3, -0.25) is 4.79 Å². The molecule has 0 radical (unpaired) electrons. The molecule has 0 aliphatic carbocycles. The third kappa shape index (κ3) is 3.41. The monoisotopic (exact) mass is 291 g/mol. The fourth-order valence-corrected chi connectivity index (χ4v) is 1.97. The van der Waals surface area contributed by atoms with Crippen molar-refractivity contribution in [2.75, 3.05) is 20.8 Å². The smallest absolute Gasteiger partial charge is 0.349 e. The van der Waals surface area contributed by atoms with Crippen LogP contribution in [-0.2, 0) is 4.74 Å². The Bertz CT molecular complexity index is 707. The van der Waals surface area contributed by atoms with Gasteiger partial charge in [-0.25, -0.2) is 4.79 Å². The first-order valence-corrected chi connectivity index (χ1v) is 6.47. The average Bonchev–Trinajstić information content (AvgIpc) is 2.45. The fourth-order valence-electron chi connectivity index (χ4n) is 1.97. The van der Waals surface area contributed by atoms with Gasteiger partial charge in [0.05, 0.1) is 13.7 Å². The first-order chi connectivity index (χ1) is 10.0. The minimum atomic E-state index is -0.683. The van der Waals surface area contributed by atoms with E-state index in [1.54, 1.807) is 32.2 Å². The summed E-state index contributed by atoms with van der Waals surface area (Å²) >= 11 is 0. The molecule has 6 nitrogen and oxygen atoms in total. The highest BCUT2D eigenvalue weighted by Crippen LogP contribution is 2.20. The molecule has 0 unspecified atom stereocenters. The summed E-state index contributed by atoms with van der Waals surface area (Å²) < 4.78 is 15.2. The molecule has 0 saturated heterocycles. The van der Waals surface area contributed by atoms with Crippen molar-refractivity contribution in [2.45, 2.75) is 13.0 Å². The first kappa shape index (κ1) is 15.1. The summed E-state index contributed by atoms with van der Waals surface area (Å²) in [4.78, 5) is 24.0. The normalized spacial score (nSPS) is 12.1. The lowest BCUT2D eigenvalue weighted by atomic mass is 10.1. The van der Waals surface area contributed by atoms with Gasteiger partial charge in [0, 0.05) is 24.6 Å². The number of rotatable bonds is 5. The van der Waals surface area contributed by atoms with Crippen LogP contribution in [0.2, 0.25) is 0 Å².